The van der Waals surface area contributed by atoms with Gasteiger partial charge in [-0.05, 0) is 11.6 Å². The van der Waals surface area contributed by atoms with Crippen molar-refractivity contribution >= 4 is 35.0 Å². The average molecular weight is 319 g/mol. The molecule has 21 heavy (non-hydrogen) atoms. The normalized spacial score (nSPS) is 10.9. The second-order valence-electron chi connectivity index (χ2n) is 4.44. The summed E-state index contributed by atoms with van der Waals surface area (Å²) in [5, 5.41) is 9.60. The number of carbonyl (C=O) groups is 1. The molecule has 1 aromatic carbocycles. The number of pyridine rings is 1. The molecule has 3 aromatic rings. The zero-order chi connectivity index (χ0) is 14.8. The average Bonchev–Trinajstić information content (AvgIpc) is 2.91. The van der Waals surface area contributed by atoms with E-state index in [9.17, 15) is 4.79 Å². The van der Waals surface area contributed by atoms with Gasteiger partial charge in [-0.25, -0.2) is 9.78 Å². The molecular formula is C15H11ClN2O2S. The molecule has 2 heterocycles. The number of nitrogens with zero attached hydrogens (tertiary/aromatic N) is 2. The van der Waals surface area contributed by atoms with Crippen molar-refractivity contribution in [1.82, 2.24) is 9.38 Å². The van der Waals surface area contributed by atoms with Crippen LogP contribution in [0.2, 0.25) is 5.02 Å². The Morgan fingerprint density at radius 1 is 1.33 bits per heavy atom. The number of aromatic nitrogens is 2. The Morgan fingerprint density at radius 2 is 2.10 bits per heavy atom. The molecule has 0 saturated carbocycles. The minimum Gasteiger partial charge on any atom is -0.477 e. The van der Waals surface area contributed by atoms with Crippen molar-refractivity contribution in [2.24, 2.45) is 0 Å². The fraction of sp³-hybridized carbons (Fsp3) is 0.0667. The smallest absolute Gasteiger partial charge is 0.354 e. The van der Waals surface area contributed by atoms with Gasteiger partial charge in [-0.3, -0.25) is 4.40 Å². The summed E-state index contributed by atoms with van der Waals surface area (Å²) in [6.07, 6.45) is 3.07. The summed E-state index contributed by atoms with van der Waals surface area (Å²) in [6, 6.07) is 11.9. The maximum Gasteiger partial charge on any atom is 0.354 e. The maximum absolute atomic E-state index is 11.2. The third-order valence-corrected chi connectivity index (χ3v) is 4.32. The number of fused-ring (bicyclic) bond motifs is 1. The molecule has 0 atom stereocenters. The van der Waals surface area contributed by atoms with Crippen LogP contribution >= 0.6 is 23.4 Å². The molecule has 0 aliphatic rings. The van der Waals surface area contributed by atoms with Crippen LogP contribution in [-0.4, -0.2) is 20.5 Å². The second-order valence-corrected chi connectivity index (χ2v) is 5.90. The van der Waals surface area contributed by atoms with Gasteiger partial charge in [0.05, 0.1) is 11.2 Å². The Bertz CT molecular complexity index is 802. The minimum absolute atomic E-state index is 0.106. The Hall–Kier alpha value is -1.98. The summed E-state index contributed by atoms with van der Waals surface area (Å²) < 4.78 is 1.51. The number of hydrogen-bond donors (Lipinski definition) is 1. The van der Waals surface area contributed by atoms with E-state index in [1.54, 1.807) is 18.0 Å². The quantitative estimate of drug-likeness (QED) is 0.739. The summed E-state index contributed by atoms with van der Waals surface area (Å²) in [7, 11) is 0. The first-order chi connectivity index (χ1) is 10.1. The molecule has 2 aromatic heterocycles. The number of aromatic carboxylic acids is 1. The molecule has 0 unspecified atom stereocenters. The van der Waals surface area contributed by atoms with Crippen LogP contribution in [0.1, 0.15) is 16.1 Å². The SMILES string of the molecule is O=C(O)c1cnc2c(Cl)cc(SCc3ccccc3)cn12. The largest absolute Gasteiger partial charge is 0.477 e. The van der Waals surface area contributed by atoms with Gasteiger partial charge < -0.3 is 5.11 Å². The highest BCUT2D eigenvalue weighted by Gasteiger charge is 2.13. The van der Waals surface area contributed by atoms with Gasteiger partial charge in [0.2, 0.25) is 0 Å². The molecule has 4 nitrogen and oxygen atoms in total. The first-order valence-electron chi connectivity index (χ1n) is 6.22. The van der Waals surface area contributed by atoms with Crippen LogP contribution in [0.5, 0.6) is 0 Å². The van der Waals surface area contributed by atoms with Crippen molar-refractivity contribution in [2.45, 2.75) is 10.6 Å². The fourth-order valence-corrected chi connectivity index (χ4v) is 3.23. The van der Waals surface area contributed by atoms with Gasteiger partial charge in [0.15, 0.2) is 11.3 Å². The third-order valence-electron chi connectivity index (χ3n) is 3.00. The molecule has 0 aliphatic heterocycles. The predicted octanol–water partition coefficient (Wildman–Crippen LogP) is 3.98. The lowest BCUT2D eigenvalue weighted by atomic mass is 10.2. The Labute approximate surface area is 130 Å². The highest BCUT2D eigenvalue weighted by Crippen LogP contribution is 2.28. The van der Waals surface area contributed by atoms with E-state index in [0.717, 1.165) is 10.6 Å². The number of benzene rings is 1. The summed E-state index contributed by atoms with van der Waals surface area (Å²) in [5.74, 6) is -0.233. The molecule has 106 valence electrons. The number of rotatable bonds is 4. The standard InChI is InChI=1S/C15H11ClN2O2S/c16-12-6-11(21-9-10-4-2-1-3-5-10)8-18-13(15(19)20)7-17-14(12)18/h1-8H,9H2,(H,19,20). The van der Waals surface area contributed by atoms with Gasteiger partial charge >= 0.3 is 5.97 Å². The Kier molecular flexibility index (Phi) is 3.86. The van der Waals surface area contributed by atoms with E-state index in [1.807, 2.05) is 36.4 Å². The molecule has 3 rings (SSSR count). The van der Waals surface area contributed by atoms with Gasteiger partial charge in [-0.15, -0.1) is 11.8 Å². The number of thioether (sulfide) groups is 1. The van der Waals surface area contributed by atoms with E-state index in [-0.39, 0.29) is 5.69 Å². The number of carboxylic acid groups (broad SMARTS) is 1. The second kappa shape index (κ2) is 5.79. The topological polar surface area (TPSA) is 54.6 Å². The molecule has 0 bridgehead atoms. The van der Waals surface area contributed by atoms with Crippen LogP contribution in [0.4, 0.5) is 0 Å². The molecule has 0 saturated heterocycles. The van der Waals surface area contributed by atoms with Crippen LogP contribution in [0, 0.1) is 0 Å². The van der Waals surface area contributed by atoms with Crippen molar-refractivity contribution in [3.63, 3.8) is 0 Å². The van der Waals surface area contributed by atoms with E-state index in [2.05, 4.69) is 4.98 Å². The molecule has 0 radical (unpaired) electrons. The maximum atomic E-state index is 11.2. The van der Waals surface area contributed by atoms with Crippen molar-refractivity contribution in [3.05, 3.63) is 65.1 Å². The van der Waals surface area contributed by atoms with E-state index >= 15 is 0 Å². The molecule has 0 aliphatic carbocycles. The van der Waals surface area contributed by atoms with Gasteiger partial charge in [0.25, 0.3) is 0 Å². The minimum atomic E-state index is -1.02. The highest BCUT2D eigenvalue weighted by atomic mass is 35.5. The predicted molar refractivity (Wildman–Crippen MR) is 83.2 cm³/mol. The highest BCUT2D eigenvalue weighted by molar-refractivity contribution is 7.98. The fourth-order valence-electron chi connectivity index (χ4n) is 2.00. The van der Waals surface area contributed by atoms with Crippen LogP contribution in [0.3, 0.4) is 0 Å². The van der Waals surface area contributed by atoms with Crippen molar-refractivity contribution in [3.8, 4) is 0 Å². The molecule has 1 N–H and O–H groups in total. The third kappa shape index (κ3) is 2.89. The number of carboxylic acids is 1. The van der Waals surface area contributed by atoms with E-state index in [4.69, 9.17) is 16.7 Å². The first-order valence-corrected chi connectivity index (χ1v) is 7.58. The van der Waals surface area contributed by atoms with Gasteiger partial charge in [0, 0.05) is 16.8 Å². The number of halogens is 1. The van der Waals surface area contributed by atoms with Crippen molar-refractivity contribution < 1.29 is 9.90 Å². The first kappa shape index (κ1) is 14.0. The van der Waals surface area contributed by atoms with E-state index in [1.165, 1.54) is 16.2 Å². The molecule has 0 fully saturated rings. The van der Waals surface area contributed by atoms with Crippen molar-refractivity contribution in [1.29, 1.82) is 0 Å². The van der Waals surface area contributed by atoms with Crippen LogP contribution in [-0.2, 0) is 5.75 Å². The lowest BCUT2D eigenvalue weighted by Crippen LogP contribution is -2.01. The van der Waals surface area contributed by atoms with Crippen LogP contribution in [0.25, 0.3) is 5.65 Å². The molecule has 0 amide bonds. The summed E-state index contributed by atoms with van der Waals surface area (Å²) in [6.45, 7) is 0. The number of hydrogen-bond acceptors (Lipinski definition) is 3. The monoisotopic (exact) mass is 318 g/mol. The lowest BCUT2D eigenvalue weighted by Gasteiger charge is -2.05. The Balaban J connectivity index is 1.92. The van der Waals surface area contributed by atoms with E-state index < -0.39 is 5.97 Å². The summed E-state index contributed by atoms with van der Waals surface area (Å²) in [5.41, 5.74) is 1.76. The summed E-state index contributed by atoms with van der Waals surface area (Å²) in [4.78, 5) is 16.1. The van der Waals surface area contributed by atoms with Gasteiger partial charge in [-0.2, -0.15) is 0 Å². The lowest BCUT2D eigenvalue weighted by molar-refractivity contribution is 0.0689. The molecular weight excluding hydrogens is 308 g/mol. The zero-order valence-corrected chi connectivity index (χ0v) is 12.4. The molecule has 0 spiro atoms. The van der Waals surface area contributed by atoms with Gasteiger partial charge in [-0.1, -0.05) is 41.9 Å². The van der Waals surface area contributed by atoms with Crippen LogP contribution < -0.4 is 0 Å². The summed E-state index contributed by atoms with van der Waals surface area (Å²) >= 11 is 7.77. The van der Waals surface area contributed by atoms with Crippen LogP contribution in [0.15, 0.2) is 53.7 Å². The Morgan fingerprint density at radius 3 is 2.81 bits per heavy atom. The van der Waals surface area contributed by atoms with Crippen molar-refractivity contribution in [2.75, 3.05) is 0 Å². The van der Waals surface area contributed by atoms with E-state index in [0.29, 0.717) is 10.7 Å². The molecule has 6 heteroatoms. The van der Waals surface area contributed by atoms with Gasteiger partial charge in [0.1, 0.15) is 0 Å². The zero-order valence-electron chi connectivity index (χ0n) is 10.9. The number of imidazole rings is 1.